The first-order chi connectivity index (χ1) is 26.1. The standard InChI is InChI=1S/C38H49N3O14/c1-22(2)17-29(41-38(48)52-19-28-15-11-8-12-16-28)35(46)40-30(36(47)50-18-27-13-9-7-10-14-27)20-51-37-32(39-23(3)42)34(54-26(6)45)33(53-25(5)44)31(55-37)21-49-24(4)43/h7-16,22,29-34,37H,17-21H2,1-6H3,(H,39,42)(H,40,46)(H,41,48). The third kappa shape index (κ3) is 15.4. The minimum atomic E-state index is -1.54. The molecular weight excluding hydrogens is 722 g/mol. The molecule has 0 aliphatic carbocycles. The lowest BCUT2D eigenvalue weighted by Gasteiger charge is -2.45. The molecular formula is C38H49N3O14. The lowest BCUT2D eigenvalue weighted by molar-refractivity contribution is -0.278. The predicted octanol–water partition coefficient (Wildman–Crippen LogP) is 2.23. The molecule has 0 bridgehead atoms. The van der Waals surface area contributed by atoms with E-state index in [9.17, 15) is 33.6 Å². The molecule has 1 fully saturated rings. The highest BCUT2D eigenvalue weighted by atomic mass is 16.7. The first kappa shape index (κ1) is 43.9. The maximum Gasteiger partial charge on any atom is 0.408 e. The van der Waals surface area contributed by atoms with Gasteiger partial charge in [-0.2, -0.15) is 0 Å². The molecule has 2 aromatic carbocycles. The van der Waals surface area contributed by atoms with Gasteiger partial charge in [-0.15, -0.1) is 0 Å². The van der Waals surface area contributed by atoms with Gasteiger partial charge in [-0.3, -0.25) is 24.0 Å². The summed E-state index contributed by atoms with van der Waals surface area (Å²) in [6.07, 6.45) is -6.34. The van der Waals surface area contributed by atoms with Crippen LogP contribution in [0.5, 0.6) is 0 Å². The molecule has 17 heteroatoms. The number of alkyl carbamates (subject to hydrolysis) is 1. The molecule has 3 rings (SSSR count). The minimum absolute atomic E-state index is 0.0487. The van der Waals surface area contributed by atoms with E-state index in [-0.39, 0.29) is 25.6 Å². The first-order valence-corrected chi connectivity index (χ1v) is 17.6. The zero-order chi connectivity index (χ0) is 40.5. The van der Waals surface area contributed by atoms with Crippen LogP contribution in [0.25, 0.3) is 0 Å². The average molecular weight is 772 g/mol. The molecule has 1 aliphatic heterocycles. The SMILES string of the molecule is CC(=O)NC1C(OCC(NC(=O)C(CC(C)C)NC(=O)OCc2ccccc2)C(=O)OCc2ccccc2)OC(COC(C)=O)C(OC(C)=O)C1OC(C)=O. The monoisotopic (exact) mass is 771 g/mol. The van der Waals surface area contributed by atoms with E-state index in [4.69, 9.17) is 33.2 Å². The normalized spacial score (nSPS) is 20.2. The summed E-state index contributed by atoms with van der Waals surface area (Å²) in [6.45, 7) is 6.84. The van der Waals surface area contributed by atoms with Crippen LogP contribution in [0.2, 0.25) is 0 Å². The van der Waals surface area contributed by atoms with Crippen LogP contribution in [-0.2, 0) is 75.1 Å². The van der Waals surface area contributed by atoms with Gasteiger partial charge in [0.15, 0.2) is 24.5 Å². The third-order valence-corrected chi connectivity index (χ3v) is 7.85. The molecule has 0 aromatic heterocycles. The maximum absolute atomic E-state index is 13.8. The summed E-state index contributed by atoms with van der Waals surface area (Å²) in [5, 5.41) is 7.72. The van der Waals surface area contributed by atoms with Gasteiger partial charge >= 0.3 is 30.0 Å². The molecule has 3 N–H and O–H groups in total. The Morgan fingerprint density at radius 3 is 1.78 bits per heavy atom. The summed E-state index contributed by atoms with van der Waals surface area (Å²) in [4.78, 5) is 88.7. The number of amides is 3. The molecule has 0 radical (unpaired) electrons. The van der Waals surface area contributed by atoms with E-state index < -0.39 is 97.7 Å². The Kier molecular flexibility index (Phi) is 17.5. The Labute approximate surface area is 319 Å². The average Bonchev–Trinajstić information content (AvgIpc) is 3.12. The Balaban J connectivity index is 1.90. The second-order valence-electron chi connectivity index (χ2n) is 13.1. The van der Waals surface area contributed by atoms with Crippen LogP contribution in [0, 0.1) is 5.92 Å². The molecule has 17 nitrogen and oxygen atoms in total. The highest BCUT2D eigenvalue weighted by Gasteiger charge is 2.51. The molecule has 300 valence electrons. The number of rotatable bonds is 18. The van der Waals surface area contributed by atoms with Crippen molar-refractivity contribution >= 4 is 41.8 Å². The van der Waals surface area contributed by atoms with E-state index in [0.717, 1.165) is 26.3 Å². The minimum Gasteiger partial charge on any atom is -0.463 e. The van der Waals surface area contributed by atoms with Crippen molar-refractivity contribution in [3.05, 3.63) is 71.8 Å². The quantitative estimate of drug-likeness (QED) is 0.146. The van der Waals surface area contributed by atoms with Gasteiger partial charge in [-0.1, -0.05) is 74.5 Å². The van der Waals surface area contributed by atoms with Gasteiger partial charge in [0.05, 0.1) is 6.61 Å². The lowest BCUT2D eigenvalue weighted by Crippen LogP contribution is -2.67. The van der Waals surface area contributed by atoms with Crippen LogP contribution >= 0.6 is 0 Å². The Hall–Kier alpha value is -5.55. The van der Waals surface area contributed by atoms with E-state index >= 15 is 0 Å². The van der Waals surface area contributed by atoms with Crippen molar-refractivity contribution in [2.45, 2.75) is 104 Å². The third-order valence-electron chi connectivity index (χ3n) is 7.85. The van der Waals surface area contributed by atoms with Crippen LogP contribution in [0.3, 0.4) is 0 Å². The molecule has 1 heterocycles. The smallest absolute Gasteiger partial charge is 0.408 e. The first-order valence-electron chi connectivity index (χ1n) is 17.6. The molecule has 1 saturated heterocycles. The number of carbonyl (C=O) groups is 7. The Morgan fingerprint density at radius 1 is 0.691 bits per heavy atom. The summed E-state index contributed by atoms with van der Waals surface area (Å²) in [5.74, 6) is -4.70. The fourth-order valence-corrected chi connectivity index (χ4v) is 5.50. The van der Waals surface area contributed by atoms with Crippen molar-refractivity contribution in [3.8, 4) is 0 Å². The number of hydrogen-bond acceptors (Lipinski definition) is 14. The number of esters is 4. The Bertz CT molecular complexity index is 1610. The highest BCUT2D eigenvalue weighted by Crippen LogP contribution is 2.28. The van der Waals surface area contributed by atoms with Crippen LogP contribution in [0.1, 0.15) is 59.1 Å². The molecule has 2 aromatic rings. The molecule has 7 unspecified atom stereocenters. The lowest BCUT2D eigenvalue weighted by atomic mass is 9.96. The summed E-state index contributed by atoms with van der Waals surface area (Å²) in [6, 6.07) is 13.7. The molecule has 0 saturated carbocycles. The fraction of sp³-hybridized carbons (Fsp3) is 0.500. The van der Waals surface area contributed by atoms with Gasteiger partial charge < -0.3 is 49.1 Å². The summed E-state index contributed by atoms with van der Waals surface area (Å²) in [7, 11) is 0. The molecule has 0 spiro atoms. The number of benzene rings is 2. The van der Waals surface area contributed by atoms with E-state index in [1.54, 1.807) is 54.6 Å². The fourth-order valence-electron chi connectivity index (χ4n) is 5.50. The van der Waals surface area contributed by atoms with Crippen LogP contribution in [0.15, 0.2) is 60.7 Å². The zero-order valence-corrected chi connectivity index (χ0v) is 31.6. The van der Waals surface area contributed by atoms with E-state index in [1.807, 2.05) is 19.9 Å². The van der Waals surface area contributed by atoms with E-state index in [0.29, 0.717) is 5.56 Å². The number of carbonyl (C=O) groups excluding carboxylic acids is 7. The second-order valence-corrected chi connectivity index (χ2v) is 13.1. The topological polar surface area (TPSA) is 220 Å². The number of hydrogen-bond donors (Lipinski definition) is 3. The van der Waals surface area contributed by atoms with Gasteiger partial charge in [0, 0.05) is 27.7 Å². The molecule has 7 atom stereocenters. The second kappa shape index (κ2) is 22.0. The predicted molar refractivity (Wildman–Crippen MR) is 191 cm³/mol. The van der Waals surface area contributed by atoms with Crippen molar-refractivity contribution in [1.29, 1.82) is 0 Å². The van der Waals surface area contributed by atoms with Crippen molar-refractivity contribution < 1.29 is 66.7 Å². The van der Waals surface area contributed by atoms with Crippen molar-refractivity contribution in [1.82, 2.24) is 16.0 Å². The van der Waals surface area contributed by atoms with Gasteiger partial charge in [-0.05, 0) is 23.5 Å². The largest absolute Gasteiger partial charge is 0.463 e. The maximum atomic E-state index is 13.8. The number of nitrogens with one attached hydrogen (secondary N) is 3. The van der Waals surface area contributed by atoms with Gasteiger partial charge in [-0.25, -0.2) is 9.59 Å². The molecule has 55 heavy (non-hydrogen) atoms. The van der Waals surface area contributed by atoms with Crippen molar-refractivity contribution in [2.75, 3.05) is 13.2 Å². The summed E-state index contributed by atoms with van der Waals surface area (Å²) >= 11 is 0. The highest BCUT2D eigenvalue weighted by molar-refractivity contribution is 5.89. The van der Waals surface area contributed by atoms with Crippen LogP contribution in [0.4, 0.5) is 4.79 Å². The van der Waals surface area contributed by atoms with Crippen molar-refractivity contribution in [2.24, 2.45) is 5.92 Å². The van der Waals surface area contributed by atoms with E-state index in [2.05, 4.69) is 16.0 Å². The zero-order valence-electron chi connectivity index (χ0n) is 31.6. The van der Waals surface area contributed by atoms with Crippen LogP contribution in [-0.4, -0.2) is 97.7 Å². The summed E-state index contributed by atoms with van der Waals surface area (Å²) in [5.41, 5.74) is 1.38. The molecule has 3 amide bonds. The summed E-state index contributed by atoms with van der Waals surface area (Å²) < 4.78 is 39.0. The van der Waals surface area contributed by atoms with Gasteiger partial charge in [0.1, 0.15) is 38.0 Å². The van der Waals surface area contributed by atoms with Gasteiger partial charge in [0.2, 0.25) is 11.8 Å². The molecule has 1 aliphatic rings. The van der Waals surface area contributed by atoms with Crippen LogP contribution < -0.4 is 16.0 Å². The van der Waals surface area contributed by atoms with E-state index in [1.165, 1.54) is 6.92 Å². The Morgan fingerprint density at radius 2 is 1.25 bits per heavy atom. The number of ether oxygens (including phenoxy) is 7. The van der Waals surface area contributed by atoms with Crippen molar-refractivity contribution in [3.63, 3.8) is 0 Å². The van der Waals surface area contributed by atoms with Gasteiger partial charge in [0.25, 0.3) is 0 Å².